The van der Waals surface area contributed by atoms with E-state index in [2.05, 4.69) is 0 Å². The van der Waals surface area contributed by atoms with Crippen molar-refractivity contribution in [2.45, 2.75) is 6.61 Å². The van der Waals surface area contributed by atoms with Gasteiger partial charge in [-0.3, -0.25) is 0 Å². The fourth-order valence-corrected chi connectivity index (χ4v) is 1.58. The lowest BCUT2D eigenvalue weighted by molar-refractivity contribution is 0.0443. The smallest absolute Gasteiger partial charge is 0.339 e. The number of rotatable bonds is 4. The van der Waals surface area contributed by atoms with Gasteiger partial charge in [0, 0.05) is 5.56 Å². The van der Waals surface area contributed by atoms with Gasteiger partial charge in [-0.2, -0.15) is 0 Å². The van der Waals surface area contributed by atoms with E-state index in [0.717, 1.165) is 0 Å². The molecule has 0 aliphatic carbocycles. The van der Waals surface area contributed by atoms with Gasteiger partial charge >= 0.3 is 5.97 Å². The van der Waals surface area contributed by atoms with Gasteiger partial charge in [-0.05, 0) is 18.2 Å². The summed E-state index contributed by atoms with van der Waals surface area (Å²) in [5, 5.41) is 0. The fourth-order valence-electron chi connectivity index (χ4n) is 1.58. The first kappa shape index (κ1) is 12.2. The highest BCUT2D eigenvalue weighted by molar-refractivity contribution is 6.62. The Bertz CT molecular complexity index is 560. The average molecular weight is 242 g/mol. The molecule has 0 saturated carbocycles. The van der Waals surface area contributed by atoms with E-state index in [4.69, 9.17) is 9.15 Å². The fraction of sp³-hybridized carbons (Fsp3) is 0.0769. The predicted molar refractivity (Wildman–Crippen MR) is 67.1 cm³/mol. The van der Waals surface area contributed by atoms with E-state index >= 15 is 0 Å². The zero-order valence-corrected chi connectivity index (χ0v) is 9.88. The van der Waals surface area contributed by atoms with Crippen LogP contribution in [-0.4, -0.2) is 19.5 Å². The molecule has 0 unspecified atom stereocenters. The van der Waals surface area contributed by atoms with Gasteiger partial charge in [0.25, 0.3) is 0 Å². The molecule has 1 aromatic carbocycles. The average Bonchev–Trinajstić information content (AvgIpc) is 2.89. The van der Waals surface area contributed by atoms with Crippen LogP contribution in [0.1, 0.15) is 26.5 Å². The van der Waals surface area contributed by atoms with Crippen LogP contribution in [-0.2, 0) is 11.3 Å². The predicted octanol–water partition coefficient (Wildman–Crippen LogP) is 1.41. The second kappa shape index (κ2) is 5.36. The Hall–Kier alpha value is -2.30. The molecule has 5 heteroatoms. The van der Waals surface area contributed by atoms with Crippen molar-refractivity contribution >= 4 is 19.5 Å². The van der Waals surface area contributed by atoms with Crippen LogP contribution in [0.4, 0.5) is 0 Å². The van der Waals surface area contributed by atoms with Crippen LogP contribution in [0.5, 0.6) is 0 Å². The standard InChI is InChI=1S/C13H11BO4/c14-12(15)10-5-1-2-6-11(10)13(16)18-8-9-4-3-7-17-9/h1-7H,8,14H2. The molecule has 0 amide bonds. The molecule has 2 aromatic rings. The van der Waals surface area contributed by atoms with E-state index in [1.54, 1.807) is 36.4 Å². The van der Waals surface area contributed by atoms with Crippen LogP contribution in [0.3, 0.4) is 0 Å². The summed E-state index contributed by atoms with van der Waals surface area (Å²) in [6.07, 6.45) is 1.51. The third kappa shape index (κ3) is 2.68. The lowest BCUT2D eigenvalue weighted by Crippen LogP contribution is -2.11. The summed E-state index contributed by atoms with van der Waals surface area (Å²) in [6.45, 7) is 0.0536. The van der Waals surface area contributed by atoms with Crippen molar-refractivity contribution in [2.24, 2.45) is 0 Å². The van der Waals surface area contributed by atoms with Gasteiger partial charge in [0.2, 0.25) is 0 Å². The summed E-state index contributed by atoms with van der Waals surface area (Å²) in [6, 6.07) is 10.00. The molecule has 2 rings (SSSR count). The van der Waals surface area contributed by atoms with Gasteiger partial charge in [-0.15, -0.1) is 0 Å². The van der Waals surface area contributed by atoms with E-state index in [1.165, 1.54) is 14.1 Å². The second-order valence-electron chi connectivity index (χ2n) is 3.76. The number of furan rings is 1. The molecule has 0 bridgehead atoms. The van der Waals surface area contributed by atoms with Gasteiger partial charge in [0.05, 0.1) is 11.8 Å². The minimum absolute atomic E-state index is 0.0536. The second-order valence-corrected chi connectivity index (χ2v) is 3.76. The Kier molecular flexibility index (Phi) is 3.62. The Morgan fingerprint density at radius 3 is 2.44 bits per heavy atom. The van der Waals surface area contributed by atoms with Gasteiger partial charge < -0.3 is 13.9 Å². The van der Waals surface area contributed by atoms with Crippen molar-refractivity contribution in [3.8, 4) is 0 Å². The van der Waals surface area contributed by atoms with Crippen LogP contribution in [0.15, 0.2) is 47.1 Å². The van der Waals surface area contributed by atoms with E-state index < -0.39 is 5.97 Å². The molecule has 0 N–H and O–H groups in total. The maximum atomic E-state index is 11.8. The zero-order chi connectivity index (χ0) is 13.0. The number of hydrogen-bond acceptors (Lipinski definition) is 4. The Balaban J connectivity index is 2.11. The summed E-state index contributed by atoms with van der Waals surface area (Å²) in [4.78, 5) is 23.2. The summed E-state index contributed by atoms with van der Waals surface area (Å²) in [7, 11) is 1.42. The molecule has 0 aliphatic heterocycles. The molecule has 90 valence electrons. The molecule has 4 nitrogen and oxygen atoms in total. The SMILES string of the molecule is BC(=O)c1ccccc1C(=O)OCc1ccco1. The molecule has 0 radical (unpaired) electrons. The molecule has 0 saturated heterocycles. The highest BCUT2D eigenvalue weighted by atomic mass is 16.5. The quantitative estimate of drug-likeness (QED) is 0.600. The Morgan fingerprint density at radius 2 is 1.83 bits per heavy atom. The van der Waals surface area contributed by atoms with Gasteiger partial charge in [-0.25, -0.2) is 4.79 Å². The summed E-state index contributed by atoms with van der Waals surface area (Å²) in [5.41, 5.74) is 0.471. The summed E-state index contributed by atoms with van der Waals surface area (Å²) >= 11 is 0. The first-order chi connectivity index (χ1) is 8.68. The van der Waals surface area contributed by atoms with Gasteiger partial charge in [0.15, 0.2) is 7.85 Å². The lowest BCUT2D eigenvalue weighted by Gasteiger charge is -2.06. The molecule has 1 heterocycles. The van der Waals surface area contributed by atoms with E-state index in [1.807, 2.05) is 0 Å². The lowest BCUT2D eigenvalue weighted by atomic mass is 9.91. The number of benzene rings is 1. The summed E-state index contributed by atoms with van der Waals surface area (Å²) in [5.74, 6) is 0.0286. The molecular weight excluding hydrogens is 231 g/mol. The van der Waals surface area contributed by atoms with E-state index in [-0.39, 0.29) is 17.9 Å². The van der Waals surface area contributed by atoms with Crippen molar-refractivity contribution in [1.29, 1.82) is 0 Å². The number of carbonyl (C=O) groups is 2. The van der Waals surface area contributed by atoms with Crippen molar-refractivity contribution in [2.75, 3.05) is 0 Å². The topological polar surface area (TPSA) is 56.5 Å². The van der Waals surface area contributed by atoms with Crippen LogP contribution in [0.2, 0.25) is 0 Å². The highest BCUT2D eigenvalue weighted by Gasteiger charge is 2.15. The van der Waals surface area contributed by atoms with E-state index in [0.29, 0.717) is 11.3 Å². The number of hydrogen-bond donors (Lipinski definition) is 0. The minimum Gasteiger partial charge on any atom is -0.466 e. The Labute approximate surface area is 105 Å². The first-order valence-corrected chi connectivity index (χ1v) is 5.48. The summed E-state index contributed by atoms with van der Waals surface area (Å²) < 4.78 is 10.1. The van der Waals surface area contributed by atoms with Crippen molar-refractivity contribution < 1.29 is 18.7 Å². The molecule has 18 heavy (non-hydrogen) atoms. The number of ether oxygens (including phenoxy) is 1. The maximum Gasteiger partial charge on any atom is 0.339 e. The largest absolute Gasteiger partial charge is 0.466 e. The molecule has 0 atom stereocenters. The van der Waals surface area contributed by atoms with Crippen molar-refractivity contribution in [1.82, 2.24) is 0 Å². The van der Waals surface area contributed by atoms with Crippen molar-refractivity contribution in [3.05, 3.63) is 59.5 Å². The van der Waals surface area contributed by atoms with Crippen LogP contribution in [0.25, 0.3) is 0 Å². The van der Waals surface area contributed by atoms with Crippen LogP contribution < -0.4 is 0 Å². The molecule has 1 aromatic heterocycles. The highest BCUT2D eigenvalue weighted by Crippen LogP contribution is 2.12. The normalized spacial score (nSPS) is 10.0. The number of carbonyl (C=O) groups excluding carboxylic acids is 2. The maximum absolute atomic E-state index is 11.8. The van der Waals surface area contributed by atoms with Gasteiger partial charge in [0.1, 0.15) is 18.0 Å². The zero-order valence-electron chi connectivity index (χ0n) is 9.88. The molecule has 0 spiro atoms. The molecular formula is C13H11BO4. The van der Waals surface area contributed by atoms with Crippen LogP contribution in [0, 0.1) is 0 Å². The Morgan fingerprint density at radius 1 is 1.11 bits per heavy atom. The third-order valence-corrected chi connectivity index (χ3v) is 2.45. The number of esters is 1. The minimum atomic E-state index is -0.530. The molecule has 0 fully saturated rings. The monoisotopic (exact) mass is 242 g/mol. The molecule has 0 aliphatic rings. The van der Waals surface area contributed by atoms with E-state index in [9.17, 15) is 9.59 Å². The van der Waals surface area contributed by atoms with Crippen molar-refractivity contribution in [3.63, 3.8) is 0 Å². The first-order valence-electron chi connectivity index (χ1n) is 5.48. The van der Waals surface area contributed by atoms with Gasteiger partial charge in [-0.1, -0.05) is 18.2 Å². The third-order valence-electron chi connectivity index (χ3n) is 2.45. The van der Waals surface area contributed by atoms with Crippen LogP contribution >= 0.6 is 0 Å².